The Morgan fingerprint density at radius 3 is 3.00 bits per heavy atom. The van der Waals surface area contributed by atoms with Gasteiger partial charge in [0.05, 0.1) is 18.4 Å². The molecule has 1 unspecified atom stereocenters. The fourth-order valence-corrected chi connectivity index (χ4v) is 2.37. The molecule has 0 bridgehead atoms. The predicted molar refractivity (Wildman–Crippen MR) is 75.4 cm³/mol. The molecule has 107 valence electrons. The lowest BCUT2D eigenvalue weighted by Crippen LogP contribution is -2.43. The minimum Gasteiger partial charge on any atom is -0.367 e. The highest BCUT2D eigenvalue weighted by Crippen LogP contribution is 2.26. The van der Waals surface area contributed by atoms with Crippen molar-refractivity contribution in [1.82, 2.24) is 10.3 Å². The third kappa shape index (κ3) is 2.84. The predicted octanol–water partition coefficient (Wildman–Crippen LogP) is 1.86. The second kappa shape index (κ2) is 6.11. The molecule has 4 nitrogen and oxygen atoms in total. The molecule has 1 N–H and O–H groups in total. The van der Waals surface area contributed by atoms with E-state index in [1.165, 1.54) is 6.07 Å². The molecule has 2 heterocycles. The summed E-state index contributed by atoms with van der Waals surface area (Å²) in [6.07, 6.45) is 3.71. The number of ketones is 1. The molecule has 1 saturated heterocycles. The smallest absolute Gasteiger partial charge is 0.196 e. The molecule has 1 radical (unpaired) electrons. The zero-order valence-electron chi connectivity index (χ0n) is 11.3. The second-order valence-corrected chi connectivity index (χ2v) is 4.75. The Labute approximate surface area is 122 Å². The number of carbonyl (C=O) groups excluding carboxylic acids is 1. The summed E-state index contributed by atoms with van der Waals surface area (Å²) in [6, 6.07) is 8.02. The molecule has 0 amide bonds. The molecule has 1 aromatic carbocycles. The van der Waals surface area contributed by atoms with Crippen molar-refractivity contribution in [2.45, 2.75) is 6.10 Å². The molecule has 0 spiro atoms. The summed E-state index contributed by atoms with van der Waals surface area (Å²) in [5.74, 6) is -0.906. The van der Waals surface area contributed by atoms with Gasteiger partial charge in [0.1, 0.15) is 11.9 Å². The van der Waals surface area contributed by atoms with Gasteiger partial charge >= 0.3 is 0 Å². The number of carbonyl (C=O) groups is 1. The van der Waals surface area contributed by atoms with Gasteiger partial charge in [-0.2, -0.15) is 0 Å². The third-order valence-corrected chi connectivity index (χ3v) is 3.38. The van der Waals surface area contributed by atoms with E-state index in [2.05, 4.69) is 16.5 Å². The molecule has 1 aliphatic heterocycles. The van der Waals surface area contributed by atoms with Crippen LogP contribution in [0.2, 0.25) is 0 Å². The lowest BCUT2D eigenvalue weighted by Gasteiger charge is -2.23. The zero-order chi connectivity index (χ0) is 14.7. The van der Waals surface area contributed by atoms with Crippen molar-refractivity contribution >= 4 is 5.78 Å². The number of ether oxygens (including phenoxy) is 1. The second-order valence-electron chi connectivity index (χ2n) is 4.75. The number of hydrogen-bond donors (Lipinski definition) is 1. The van der Waals surface area contributed by atoms with Crippen LogP contribution in [-0.2, 0) is 4.74 Å². The quantitative estimate of drug-likeness (QED) is 0.875. The van der Waals surface area contributed by atoms with Crippen molar-refractivity contribution in [3.8, 4) is 11.1 Å². The van der Waals surface area contributed by atoms with E-state index in [4.69, 9.17) is 4.74 Å². The van der Waals surface area contributed by atoms with Gasteiger partial charge in [0.25, 0.3) is 0 Å². The van der Waals surface area contributed by atoms with Crippen LogP contribution in [0.25, 0.3) is 11.1 Å². The average molecular weight is 285 g/mol. The van der Waals surface area contributed by atoms with E-state index in [0.717, 1.165) is 0 Å². The summed E-state index contributed by atoms with van der Waals surface area (Å²) in [7, 11) is 0. The fraction of sp³-hybridized carbons (Fsp3) is 0.250. The van der Waals surface area contributed by atoms with E-state index >= 15 is 0 Å². The Hall–Kier alpha value is -2.11. The topological polar surface area (TPSA) is 51.2 Å². The number of rotatable bonds is 3. The normalized spacial score (nSPS) is 18.4. The standard InChI is InChI=1S/C16H14FN2O2/c17-13-5-1-4-12(11-3-2-6-18-9-11)15(13)16(20)14-10-19-7-8-21-14/h1-6,14,19H,7-8,10H2. The summed E-state index contributed by atoms with van der Waals surface area (Å²) in [4.78, 5) is 16.5. The molecular weight excluding hydrogens is 271 g/mol. The van der Waals surface area contributed by atoms with Crippen molar-refractivity contribution in [3.05, 3.63) is 54.1 Å². The Balaban J connectivity index is 2.03. The Kier molecular flexibility index (Phi) is 4.03. The van der Waals surface area contributed by atoms with E-state index in [1.807, 2.05) is 0 Å². The van der Waals surface area contributed by atoms with E-state index < -0.39 is 11.9 Å². The number of nitrogens with one attached hydrogen (secondary N) is 1. The van der Waals surface area contributed by atoms with Crippen LogP contribution < -0.4 is 5.32 Å². The first kappa shape index (κ1) is 13.9. The Morgan fingerprint density at radius 2 is 2.29 bits per heavy atom. The summed E-state index contributed by atoms with van der Waals surface area (Å²) >= 11 is 0. The largest absolute Gasteiger partial charge is 0.367 e. The molecular formula is C16H14FN2O2. The fourth-order valence-electron chi connectivity index (χ4n) is 2.37. The van der Waals surface area contributed by atoms with Crippen LogP contribution in [0.15, 0.2) is 36.5 Å². The molecule has 2 aromatic rings. The van der Waals surface area contributed by atoms with Crippen molar-refractivity contribution in [3.63, 3.8) is 0 Å². The lowest BCUT2D eigenvalue weighted by molar-refractivity contribution is 0.0267. The van der Waals surface area contributed by atoms with Gasteiger partial charge in [-0.15, -0.1) is 0 Å². The van der Waals surface area contributed by atoms with Crippen molar-refractivity contribution in [1.29, 1.82) is 0 Å². The number of halogens is 1. The number of aromatic nitrogens is 1. The van der Waals surface area contributed by atoms with Crippen LogP contribution in [0.5, 0.6) is 0 Å². The molecule has 0 saturated carbocycles. The summed E-state index contributed by atoms with van der Waals surface area (Å²) in [5, 5.41) is 3.08. The van der Waals surface area contributed by atoms with Gasteiger partial charge in [0.15, 0.2) is 5.78 Å². The maximum atomic E-state index is 14.2. The first-order valence-corrected chi connectivity index (χ1v) is 6.75. The van der Waals surface area contributed by atoms with Gasteiger partial charge in [-0.05, 0) is 17.7 Å². The lowest BCUT2D eigenvalue weighted by atomic mass is 9.95. The molecule has 1 atom stereocenters. The van der Waals surface area contributed by atoms with Crippen LogP contribution in [0.3, 0.4) is 0 Å². The van der Waals surface area contributed by atoms with Crippen molar-refractivity contribution in [2.24, 2.45) is 0 Å². The molecule has 5 heteroatoms. The Bertz CT molecular complexity index is 640. The maximum Gasteiger partial charge on any atom is 0.196 e. The molecule has 0 aliphatic carbocycles. The first-order valence-electron chi connectivity index (χ1n) is 6.75. The summed E-state index contributed by atoms with van der Waals surface area (Å²) < 4.78 is 19.6. The van der Waals surface area contributed by atoms with Crippen LogP contribution in [0.1, 0.15) is 10.4 Å². The number of pyridine rings is 1. The number of morpholine rings is 1. The van der Waals surface area contributed by atoms with Gasteiger partial charge in [-0.3, -0.25) is 9.78 Å². The minimum absolute atomic E-state index is 0.0375. The Morgan fingerprint density at radius 1 is 1.38 bits per heavy atom. The van der Waals surface area contributed by atoms with Gasteiger partial charge in [0.2, 0.25) is 0 Å². The van der Waals surface area contributed by atoms with Gasteiger partial charge in [0, 0.05) is 24.8 Å². The number of hydrogen-bond acceptors (Lipinski definition) is 4. The summed E-state index contributed by atoms with van der Waals surface area (Å²) in [5.41, 5.74) is 1.11. The highest BCUT2D eigenvalue weighted by molar-refractivity contribution is 6.05. The van der Waals surface area contributed by atoms with Gasteiger partial charge < -0.3 is 10.1 Å². The number of benzene rings is 1. The highest BCUT2D eigenvalue weighted by Gasteiger charge is 2.28. The van der Waals surface area contributed by atoms with Crippen LogP contribution >= 0.6 is 0 Å². The van der Waals surface area contributed by atoms with Gasteiger partial charge in [-0.1, -0.05) is 18.2 Å². The number of Topliss-reactive ketones (excluding diaryl/α,β-unsaturated/α-hetero) is 1. The number of nitrogens with zero attached hydrogens (tertiary/aromatic N) is 1. The van der Waals surface area contributed by atoms with Crippen molar-refractivity contribution in [2.75, 3.05) is 19.7 Å². The van der Waals surface area contributed by atoms with Gasteiger partial charge in [-0.25, -0.2) is 4.39 Å². The molecule has 3 rings (SSSR count). The van der Waals surface area contributed by atoms with E-state index in [0.29, 0.717) is 30.8 Å². The first-order chi connectivity index (χ1) is 10.3. The maximum absolute atomic E-state index is 14.2. The van der Waals surface area contributed by atoms with Crippen LogP contribution in [-0.4, -0.2) is 36.6 Å². The molecule has 1 fully saturated rings. The summed E-state index contributed by atoms with van der Waals surface area (Å²) in [6.45, 7) is 1.53. The highest BCUT2D eigenvalue weighted by atomic mass is 19.1. The molecule has 1 aliphatic rings. The third-order valence-electron chi connectivity index (χ3n) is 3.38. The SMILES string of the molecule is O=C(c1c(F)cccc1-c1[c]nccc1)C1CNCCO1. The molecule has 1 aromatic heterocycles. The van der Waals surface area contributed by atoms with E-state index in [-0.39, 0.29) is 11.3 Å². The van der Waals surface area contributed by atoms with Crippen LogP contribution in [0, 0.1) is 12.0 Å². The zero-order valence-corrected chi connectivity index (χ0v) is 11.3. The molecule has 21 heavy (non-hydrogen) atoms. The van der Waals surface area contributed by atoms with E-state index in [1.54, 1.807) is 30.5 Å². The van der Waals surface area contributed by atoms with Crippen LogP contribution in [0.4, 0.5) is 4.39 Å². The van der Waals surface area contributed by atoms with Crippen molar-refractivity contribution < 1.29 is 13.9 Å². The monoisotopic (exact) mass is 285 g/mol. The minimum atomic E-state index is -0.661. The average Bonchev–Trinajstić information content (AvgIpc) is 2.55. The van der Waals surface area contributed by atoms with E-state index in [9.17, 15) is 9.18 Å².